The molecular weight excluding hydrogens is 306 g/mol. The van der Waals surface area contributed by atoms with Crippen molar-refractivity contribution in [3.8, 4) is 5.75 Å². The first-order valence-electron chi connectivity index (χ1n) is 6.76. The number of H-pyrrole nitrogens is 1. The van der Waals surface area contributed by atoms with Crippen LogP contribution in [-0.2, 0) is 4.79 Å². The highest BCUT2D eigenvalue weighted by Gasteiger charge is 2.07. The van der Waals surface area contributed by atoms with Gasteiger partial charge in [0.2, 0.25) is 5.91 Å². The largest absolute Gasteiger partial charge is 0.494 e. The van der Waals surface area contributed by atoms with Gasteiger partial charge in [-0.05, 0) is 42.8 Å². The van der Waals surface area contributed by atoms with Crippen molar-refractivity contribution in [1.82, 2.24) is 15.8 Å². The highest BCUT2D eigenvalue weighted by Crippen LogP contribution is 2.15. The highest BCUT2D eigenvalue weighted by molar-refractivity contribution is 6.30. The van der Waals surface area contributed by atoms with Crippen molar-refractivity contribution in [3.63, 3.8) is 0 Å². The van der Waals surface area contributed by atoms with E-state index in [0.717, 1.165) is 0 Å². The van der Waals surface area contributed by atoms with Crippen LogP contribution < -0.4 is 15.6 Å². The Kier molecular flexibility index (Phi) is 5.85. The molecule has 2 aromatic rings. The number of ether oxygens (including phenoxy) is 1. The highest BCUT2D eigenvalue weighted by atomic mass is 35.5. The van der Waals surface area contributed by atoms with Gasteiger partial charge in [0.1, 0.15) is 11.4 Å². The Hall–Kier alpha value is -2.47. The van der Waals surface area contributed by atoms with Crippen LogP contribution in [0.3, 0.4) is 0 Å². The molecular formula is C15H16ClN3O3. The lowest BCUT2D eigenvalue weighted by atomic mass is 10.3. The molecule has 7 heteroatoms. The zero-order valence-corrected chi connectivity index (χ0v) is 12.5. The van der Waals surface area contributed by atoms with Crippen LogP contribution in [0.15, 0.2) is 42.6 Å². The Bertz CT molecular complexity index is 611. The van der Waals surface area contributed by atoms with Crippen LogP contribution in [-0.4, -0.2) is 23.4 Å². The third-order valence-electron chi connectivity index (χ3n) is 2.79. The molecule has 6 nitrogen and oxygen atoms in total. The zero-order valence-electron chi connectivity index (χ0n) is 11.8. The summed E-state index contributed by atoms with van der Waals surface area (Å²) in [7, 11) is 0. The molecule has 0 spiro atoms. The Labute approximate surface area is 132 Å². The summed E-state index contributed by atoms with van der Waals surface area (Å²) in [6.07, 6.45) is 2.41. The third kappa shape index (κ3) is 5.14. The molecule has 2 amide bonds. The summed E-state index contributed by atoms with van der Waals surface area (Å²) in [5.41, 5.74) is 5.05. The lowest BCUT2D eigenvalue weighted by Crippen LogP contribution is -2.41. The van der Waals surface area contributed by atoms with E-state index in [-0.39, 0.29) is 12.3 Å². The number of aromatic amines is 1. The molecule has 0 unspecified atom stereocenters. The van der Waals surface area contributed by atoms with Gasteiger partial charge in [0, 0.05) is 17.6 Å². The summed E-state index contributed by atoms with van der Waals surface area (Å²) in [4.78, 5) is 25.9. The van der Waals surface area contributed by atoms with E-state index in [4.69, 9.17) is 16.3 Å². The van der Waals surface area contributed by atoms with E-state index < -0.39 is 5.91 Å². The topological polar surface area (TPSA) is 83.2 Å². The predicted octanol–water partition coefficient (Wildman–Crippen LogP) is 2.29. The van der Waals surface area contributed by atoms with E-state index in [1.54, 1.807) is 42.6 Å². The van der Waals surface area contributed by atoms with Gasteiger partial charge in [-0.15, -0.1) is 0 Å². The smallest absolute Gasteiger partial charge is 0.286 e. The lowest BCUT2D eigenvalue weighted by Gasteiger charge is -2.07. The average Bonchev–Trinajstić information content (AvgIpc) is 3.05. The molecule has 3 N–H and O–H groups in total. The van der Waals surface area contributed by atoms with E-state index in [0.29, 0.717) is 29.5 Å². The summed E-state index contributed by atoms with van der Waals surface area (Å²) >= 11 is 5.77. The standard InChI is InChI=1S/C15H16ClN3O3/c16-11-5-7-12(8-6-11)22-10-2-4-14(20)18-19-15(21)13-3-1-9-17-13/h1,3,5-9,17H,2,4,10H2,(H,18,20)(H,19,21). The summed E-state index contributed by atoms with van der Waals surface area (Å²) in [6.45, 7) is 0.402. The molecule has 2 rings (SSSR count). The summed E-state index contributed by atoms with van der Waals surface area (Å²) < 4.78 is 5.46. The number of hydrazine groups is 1. The Morgan fingerprint density at radius 2 is 1.91 bits per heavy atom. The minimum atomic E-state index is -0.393. The SMILES string of the molecule is O=C(CCCOc1ccc(Cl)cc1)NNC(=O)c1ccc[nH]1. The first-order valence-corrected chi connectivity index (χ1v) is 7.14. The van der Waals surface area contributed by atoms with Gasteiger partial charge in [-0.1, -0.05) is 11.6 Å². The molecule has 0 aliphatic heterocycles. The number of nitrogens with one attached hydrogen (secondary N) is 3. The van der Waals surface area contributed by atoms with Crippen LogP contribution in [0.5, 0.6) is 5.75 Å². The third-order valence-corrected chi connectivity index (χ3v) is 3.04. The van der Waals surface area contributed by atoms with Gasteiger partial charge < -0.3 is 9.72 Å². The number of carbonyl (C=O) groups is 2. The maximum Gasteiger partial charge on any atom is 0.286 e. The molecule has 1 heterocycles. The molecule has 1 aromatic carbocycles. The minimum Gasteiger partial charge on any atom is -0.494 e. The van der Waals surface area contributed by atoms with E-state index >= 15 is 0 Å². The van der Waals surface area contributed by atoms with Gasteiger partial charge in [-0.25, -0.2) is 0 Å². The van der Waals surface area contributed by atoms with Gasteiger partial charge in [0.15, 0.2) is 0 Å². The van der Waals surface area contributed by atoms with Gasteiger partial charge in [0.05, 0.1) is 6.61 Å². The number of hydrogen-bond donors (Lipinski definition) is 3. The number of halogens is 1. The van der Waals surface area contributed by atoms with Crippen molar-refractivity contribution in [2.75, 3.05) is 6.61 Å². The van der Waals surface area contributed by atoms with Gasteiger partial charge in [-0.2, -0.15) is 0 Å². The molecule has 0 aliphatic carbocycles. The molecule has 0 bridgehead atoms. The van der Waals surface area contributed by atoms with E-state index in [1.165, 1.54) is 0 Å². The van der Waals surface area contributed by atoms with Crippen molar-refractivity contribution in [1.29, 1.82) is 0 Å². The Morgan fingerprint density at radius 3 is 2.59 bits per heavy atom. The molecule has 0 atom stereocenters. The first kappa shape index (κ1) is 15.9. The number of aromatic nitrogens is 1. The molecule has 116 valence electrons. The number of rotatable bonds is 6. The Morgan fingerprint density at radius 1 is 1.14 bits per heavy atom. The molecule has 22 heavy (non-hydrogen) atoms. The van der Waals surface area contributed by atoms with Crippen molar-refractivity contribution in [3.05, 3.63) is 53.3 Å². The molecule has 0 saturated carbocycles. The number of amides is 2. The second kappa shape index (κ2) is 8.09. The minimum absolute atomic E-state index is 0.249. The molecule has 0 aliphatic rings. The Balaban J connectivity index is 1.59. The maximum absolute atomic E-state index is 11.6. The van der Waals surface area contributed by atoms with Crippen molar-refractivity contribution in [2.45, 2.75) is 12.8 Å². The van der Waals surface area contributed by atoms with Crippen molar-refractivity contribution >= 4 is 23.4 Å². The monoisotopic (exact) mass is 321 g/mol. The summed E-state index contributed by atoms with van der Waals surface area (Å²) in [5.74, 6) is 0.0280. The van der Waals surface area contributed by atoms with E-state index in [2.05, 4.69) is 15.8 Å². The first-order chi connectivity index (χ1) is 10.6. The normalized spacial score (nSPS) is 10.0. The van der Waals surface area contributed by atoms with Gasteiger partial charge >= 0.3 is 0 Å². The zero-order chi connectivity index (χ0) is 15.8. The van der Waals surface area contributed by atoms with Crippen LogP contribution in [0.1, 0.15) is 23.3 Å². The fraction of sp³-hybridized carbons (Fsp3) is 0.200. The summed E-state index contributed by atoms with van der Waals surface area (Å²) in [5, 5.41) is 0.643. The van der Waals surface area contributed by atoms with Crippen molar-refractivity contribution in [2.24, 2.45) is 0 Å². The van der Waals surface area contributed by atoms with Crippen LogP contribution in [0.4, 0.5) is 0 Å². The van der Waals surface area contributed by atoms with Crippen LogP contribution in [0.2, 0.25) is 5.02 Å². The fourth-order valence-corrected chi connectivity index (χ4v) is 1.81. The quantitative estimate of drug-likeness (QED) is 0.564. The molecule has 0 fully saturated rings. The molecule has 1 aromatic heterocycles. The van der Waals surface area contributed by atoms with Crippen LogP contribution >= 0.6 is 11.6 Å². The number of hydrogen-bond acceptors (Lipinski definition) is 3. The van der Waals surface area contributed by atoms with Crippen LogP contribution in [0.25, 0.3) is 0 Å². The predicted molar refractivity (Wildman–Crippen MR) is 82.6 cm³/mol. The second-order valence-corrected chi connectivity index (χ2v) is 4.93. The fourth-order valence-electron chi connectivity index (χ4n) is 1.68. The second-order valence-electron chi connectivity index (χ2n) is 4.49. The van der Waals surface area contributed by atoms with E-state index in [1.807, 2.05) is 0 Å². The summed E-state index contributed by atoms with van der Waals surface area (Å²) in [6, 6.07) is 10.3. The number of benzene rings is 1. The average molecular weight is 322 g/mol. The molecule has 0 saturated heterocycles. The van der Waals surface area contributed by atoms with Gasteiger partial charge in [-0.3, -0.25) is 20.4 Å². The maximum atomic E-state index is 11.6. The van der Waals surface area contributed by atoms with Gasteiger partial charge in [0.25, 0.3) is 5.91 Å². The van der Waals surface area contributed by atoms with Crippen LogP contribution in [0, 0.1) is 0 Å². The number of carbonyl (C=O) groups excluding carboxylic acids is 2. The lowest BCUT2D eigenvalue weighted by molar-refractivity contribution is -0.122. The van der Waals surface area contributed by atoms with Crippen molar-refractivity contribution < 1.29 is 14.3 Å². The van der Waals surface area contributed by atoms with E-state index in [9.17, 15) is 9.59 Å². The molecule has 0 radical (unpaired) electrons.